The zero-order valence-electron chi connectivity index (χ0n) is 16.6. The first-order chi connectivity index (χ1) is 14.3. The smallest absolute Gasteiger partial charge is 0.225 e. The number of nitrogens with one attached hydrogen (secondary N) is 2. The van der Waals surface area contributed by atoms with Crippen LogP contribution in [-0.4, -0.2) is 35.8 Å². The van der Waals surface area contributed by atoms with E-state index in [1.165, 1.54) is 0 Å². The Morgan fingerprint density at radius 3 is 2.69 bits per heavy atom. The fraction of sp³-hybridized carbons (Fsp3) is 0.304. The average molecular weight is 390 g/mol. The number of aromatic nitrogens is 2. The van der Waals surface area contributed by atoms with Crippen LogP contribution in [-0.2, 0) is 4.74 Å². The minimum absolute atomic E-state index is 0.217. The van der Waals surface area contributed by atoms with Gasteiger partial charge in [-0.2, -0.15) is 4.98 Å². The van der Waals surface area contributed by atoms with Crippen LogP contribution in [0, 0.1) is 0 Å². The molecule has 2 N–H and O–H groups in total. The molecule has 3 aromatic rings. The maximum absolute atomic E-state index is 5.73. The third kappa shape index (κ3) is 5.03. The van der Waals surface area contributed by atoms with Crippen LogP contribution < -0.4 is 15.4 Å². The molecule has 6 heteroatoms. The summed E-state index contributed by atoms with van der Waals surface area (Å²) in [5, 5.41) is 6.73. The molecule has 0 spiro atoms. The average Bonchev–Trinajstić information content (AvgIpc) is 3.28. The van der Waals surface area contributed by atoms with Gasteiger partial charge in [-0.3, -0.25) is 0 Å². The molecule has 1 aliphatic heterocycles. The largest absolute Gasteiger partial charge is 0.492 e. The number of benzene rings is 2. The summed E-state index contributed by atoms with van der Waals surface area (Å²) in [6.07, 6.45) is 2.39. The second kappa shape index (κ2) is 9.39. The van der Waals surface area contributed by atoms with Crippen LogP contribution in [0.3, 0.4) is 0 Å². The Kier molecular flexibility index (Phi) is 6.22. The Hall–Kier alpha value is -3.12. The van der Waals surface area contributed by atoms with Crippen molar-refractivity contribution in [2.75, 3.05) is 30.4 Å². The van der Waals surface area contributed by atoms with Gasteiger partial charge in [0.25, 0.3) is 0 Å². The first-order valence-electron chi connectivity index (χ1n) is 10.1. The molecule has 1 aromatic heterocycles. The Balaban J connectivity index is 1.62. The lowest BCUT2D eigenvalue weighted by atomic mass is 10.1. The number of nitrogens with zero attached hydrogens (tertiary/aromatic N) is 2. The van der Waals surface area contributed by atoms with Gasteiger partial charge in [0.2, 0.25) is 5.95 Å². The van der Waals surface area contributed by atoms with Crippen molar-refractivity contribution in [1.82, 2.24) is 9.97 Å². The molecule has 6 nitrogen and oxygen atoms in total. The quantitative estimate of drug-likeness (QED) is 0.572. The zero-order chi connectivity index (χ0) is 19.9. The van der Waals surface area contributed by atoms with Crippen molar-refractivity contribution < 1.29 is 9.47 Å². The Bertz CT molecular complexity index is 927. The van der Waals surface area contributed by atoms with Crippen LogP contribution >= 0.6 is 0 Å². The molecule has 0 radical (unpaired) electrons. The van der Waals surface area contributed by atoms with Crippen molar-refractivity contribution in [3.8, 4) is 17.0 Å². The molecule has 150 valence electrons. The van der Waals surface area contributed by atoms with Gasteiger partial charge in [-0.25, -0.2) is 4.98 Å². The van der Waals surface area contributed by atoms with Gasteiger partial charge in [-0.1, -0.05) is 42.5 Å². The third-order valence-corrected chi connectivity index (χ3v) is 4.76. The molecule has 4 rings (SSSR count). The van der Waals surface area contributed by atoms with Crippen LogP contribution in [0.2, 0.25) is 0 Å². The summed E-state index contributed by atoms with van der Waals surface area (Å²) in [7, 11) is 0. The summed E-state index contributed by atoms with van der Waals surface area (Å²) in [6, 6.07) is 19.9. The van der Waals surface area contributed by atoms with E-state index in [9.17, 15) is 0 Å². The molecule has 1 unspecified atom stereocenters. The molecule has 2 aromatic carbocycles. The molecular formula is C23H26N4O2. The highest BCUT2D eigenvalue weighted by atomic mass is 16.5. The molecule has 1 aliphatic rings. The predicted octanol–water partition coefficient (Wildman–Crippen LogP) is 4.88. The van der Waals surface area contributed by atoms with Crippen molar-refractivity contribution in [3.05, 3.63) is 60.7 Å². The minimum atomic E-state index is 0.217. The molecule has 29 heavy (non-hydrogen) atoms. The van der Waals surface area contributed by atoms with Gasteiger partial charge < -0.3 is 20.1 Å². The van der Waals surface area contributed by atoms with E-state index >= 15 is 0 Å². The molecule has 1 fully saturated rings. The Labute approximate surface area is 171 Å². The van der Waals surface area contributed by atoms with Crippen LogP contribution in [0.5, 0.6) is 5.75 Å². The van der Waals surface area contributed by atoms with Gasteiger partial charge in [0.15, 0.2) is 0 Å². The van der Waals surface area contributed by atoms with Gasteiger partial charge in [-0.05, 0) is 31.9 Å². The Morgan fingerprint density at radius 2 is 1.90 bits per heavy atom. The summed E-state index contributed by atoms with van der Waals surface area (Å²) < 4.78 is 11.4. The summed E-state index contributed by atoms with van der Waals surface area (Å²) in [4.78, 5) is 9.39. The normalized spacial score (nSPS) is 15.8. The molecule has 0 aliphatic carbocycles. The summed E-state index contributed by atoms with van der Waals surface area (Å²) >= 11 is 0. The van der Waals surface area contributed by atoms with E-state index < -0.39 is 0 Å². The van der Waals surface area contributed by atoms with Gasteiger partial charge in [0, 0.05) is 24.8 Å². The van der Waals surface area contributed by atoms with Crippen molar-refractivity contribution in [2.45, 2.75) is 25.9 Å². The second-order valence-corrected chi connectivity index (χ2v) is 6.90. The highest BCUT2D eigenvalue weighted by Gasteiger charge is 2.16. The summed E-state index contributed by atoms with van der Waals surface area (Å²) in [6.45, 7) is 4.11. The summed E-state index contributed by atoms with van der Waals surface area (Å²) in [5.41, 5.74) is 2.76. The molecular weight excluding hydrogens is 364 g/mol. The fourth-order valence-corrected chi connectivity index (χ4v) is 3.35. The lowest BCUT2D eigenvalue weighted by Crippen LogP contribution is -2.20. The molecule has 0 saturated carbocycles. The third-order valence-electron chi connectivity index (χ3n) is 4.76. The first kappa shape index (κ1) is 19.2. The number of anilines is 3. The minimum Gasteiger partial charge on any atom is -0.492 e. The zero-order valence-corrected chi connectivity index (χ0v) is 16.6. The van der Waals surface area contributed by atoms with Crippen LogP contribution in [0.15, 0.2) is 60.7 Å². The van der Waals surface area contributed by atoms with E-state index in [1.807, 2.05) is 67.6 Å². The van der Waals surface area contributed by atoms with Crippen molar-refractivity contribution in [1.29, 1.82) is 0 Å². The first-order valence-corrected chi connectivity index (χ1v) is 10.1. The summed E-state index contributed by atoms with van der Waals surface area (Å²) in [5.74, 6) is 2.09. The molecule has 1 saturated heterocycles. The van der Waals surface area contributed by atoms with Gasteiger partial charge in [0.05, 0.1) is 24.1 Å². The number of hydrogen-bond donors (Lipinski definition) is 2. The maximum atomic E-state index is 5.73. The van der Waals surface area contributed by atoms with E-state index in [0.29, 0.717) is 24.9 Å². The lowest BCUT2D eigenvalue weighted by molar-refractivity contribution is 0.120. The molecule has 2 heterocycles. The van der Waals surface area contributed by atoms with E-state index in [4.69, 9.17) is 14.5 Å². The van der Waals surface area contributed by atoms with Gasteiger partial charge in [0.1, 0.15) is 11.6 Å². The fourth-order valence-electron chi connectivity index (χ4n) is 3.35. The molecule has 1 atom stereocenters. The van der Waals surface area contributed by atoms with Gasteiger partial charge >= 0.3 is 0 Å². The Morgan fingerprint density at radius 1 is 1.07 bits per heavy atom. The van der Waals surface area contributed by atoms with Gasteiger partial charge in [-0.15, -0.1) is 0 Å². The SMILES string of the molecule is CCOc1ccccc1Nc1cc(-c2ccccc2)nc(NCC2CCCO2)n1. The monoisotopic (exact) mass is 390 g/mol. The van der Waals surface area contributed by atoms with Crippen LogP contribution in [0.1, 0.15) is 19.8 Å². The number of rotatable bonds is 8. The van der Waals surface area contributed by atoms with E-state index in [1.54, 1.807) is 0 Å². The standard InChI is InChI=1S/C23H26N4O2/c1-2-28-21-13-7-6-12-19(21)25-22-15-20(17-9-4-3-5-10-17)26-23(27-22)24-16-18-11-8-14-29-18/h3-7,9-10,12-13,15,18H,2,8,11,14,16H2,1H3,(H2,24,25,26,27). The highest BCUT2D eigenvalue weighted by Crippen LogP contribution is 2.29. The van der Waals surface area contributed by atoms with E-state index in [0.717, 1.165) is 42.1 Å². The second-order valence-electron chi connectivity index (χ2n) is 6.90. The van der Waals surface area contributed by atoms with Crippen molar-refractivity contribution in [3.63, 3.8) is 0 Å². The lowest BCUT2D eigenvalue weighted by Gasteiger charge is -2.15. The van der Waals surface area contributed by atoms with Crippen molar-refractivity contribution in [2.24, 2.45) is 0 Å². The van der Waals surface area contributed by atoms with Crippen molar-refractivity contribution >= 4 is 17.5 Å². The van der Waals surface area contributed by atoms with Crippen LogP contribution in [0.25, 0.3) is 11.3 Å². The molecule has 0 amide bonds. The van der Waals surface area contributed by atoms with Crippen LogP contribution in [0.4, 0.5) is 17.5 Å². The topological polar surface area (TPSA) is 68.3 Å². The molecule has 0 bridgehead atoms. The van der Waals surface area contributed by atoms with E-state index in [2.05, 4.69) is 15.6 Å². The number of ether oxygens (including phenoxy) is 2. The predicted molar refractivity (Wildman–Crippen MR) is 116 cm³/mol. The maximum Gasteiger partial charge on any atom is 0.225 e. The van der Waals surface area contributed by atoms with E-state index in [-0.39, 0.29) is 6.10 Å². The number of para-hydroxylation sites is 2. The number of hydrogen-bond acceptors (Lipinski definition) is 6. The highest BCUT2D eigenvalue weighted by molar-refractivity contribution is 5.69.